The van der Waals surface area contributed by atoms with Gasteiger partial charge in [0, 0.05) is 17.6 Å². The molecule has 0 bridgehead atoms. The summed E-state index contributed by atoms with van der Waals surface area (Å²) in [5.74, 6) is 0. The molecule has 0 unspecified atom stereocenters. The number of halogens is 2. The molecule has 0 fully saturated rings. The maximum absolute atomic E-state index is 6.24. The molecule has 0 amide bonds. The second kappa shape index (κ2) is 6.17. The molecule has 0 spiro atoms. The van der Waals surface area contributed by atoms with Crippen molar-refractivity contribution in [3.8, 4) is 5.69 Å². The van der Waals surface area contributed by atoms with Crippen molar-refractivity contribution < 1.29 is 0 Å². The van der Waals surface area contributed by atoms with Gasteiger partial charge in [-0.2, -0.15) is 5.10 Å². The van der Waals surface area contributed by atoms with E-state index in [4.69, 9.17) is 23.2 Å². The van der Waals surface area contributed by atoms with E-state index in [0.29, 0.717) is 16.1 Å². The molecule has 0 saturated carbocycles. The normalized spacial score (nSPS) is 11.3. The fourth-order valence-electron chi connectivity index (χ4n) is 2.06. The number of aryl methyl sites for hydroxylation is 1. The first-order chi connectivity index (χ1) is 9.40. The van der Waals surface area contributed by atoms with Gasteiger partial charge in [-0.15, -0.1) is 0 Å². The lowest BCUT2D eigenvalue weighted by atomic mass is 10.1. The predicted molar refractivity (Wildman–Crippen MR) is 85.0 cm³/mol. The molecule has 0 aliphatic carbocycles. The zero-order valence-electron chi connectivity index (χ0n) is 12.2. The van der Waals surface area contributed by atoms with Gasteiger partial charge in [-0.05, 0) is 31.5 Å². The lowest BCUT2D eigenvalue weighted by molar-refractivity contribution is 0.586. The third-order valence-electron chi connectivity index (χ3n) is 3.18. The van der Waals surface area contributed by atoms with Gasteiger partial charge in [0.2, 0.25) is 0 Å². The van der Waals surface area contributed by atoms with E-state index in [1.807, 2.05) is 36.7 Å². The maximum Gasteiger partial charge on any atom is 0.0848 e. The van der Waals surface area contributed by atoms with E-state index < -0.39 is 0 Å². The van der Waals surface area contributed by atoms with Crippen LogP contribution < -0.4 is 5.32 Å². The van der Waals surface area contributed by atoms with E-state index in [2.05, 4.69) is 24.3 Å². The summed E-state index contributed by atoms with van der Waals surface area (Å²) >= 11 is 12.4. The fourth-order valence-corrected chi connectivity index (χ4v) is 2.34. The van der Waals surface area contributed by atoms with Gasteiger partial charge < -0.3 is 5.32 Å². The molecule has 1 aromatic carbocycles. The Kier molecular flexibility index (Phi) is 4.74. The molecular weight excluding hydrogens is 293 g/mol. The topological polar surface area (TPSA) is 29.9 Å². The van der Waals surface area contributed by atoms with E-state index in [0.717, 1.165) is 29.2 Å². The van der Waals surface area contributed by atoms with Gasteiger partial charge in [0.1, 0.15) is 0 Å². The summed E-state index contributed by atoms with van der Waals surface area (Å²) in [6.07, 6.45) is 0. The van der Waals surface area contributed by atoms with Gasteiger partial charge in [-0.1, -0.05) is 43.1 Å². The lowest BCUT2D eigenvalue weighted by Gasteiger charge is -2.14. The summed E-state index contributed by atoms with van der Waals surface area (Å²) in [6, 6.07) is 6.27. The van der Waals surface area contributed by atoms with Crippen LogP contribution in [0.1, 0.15) is 30.8 Å². The second-order valence-corrected chi connectivity index (χ2v) is 6.02. The number of benzene rings is 1. The van der Waals surface area contributed by atoms with Crippen LogP contribution in [-0.4, -0.2) is 15.8 Å². The Bertz CT molecular complexity index is 618. The molecule has 0 atom stereocenters. The SMILES string of the molecule is Cc1nn(-c2cc(Cl)ccc2CNC(C)C)c(C)c1Cl. The first kappa shape index (κ1) is 15.4. The van der Waals surface area contributed by atoms with Crippen molar-refractivity contribution in [2.24, 2.45) is 0 Å². The molecule has 0 aliphatic heterocycles. The summed E-state index contributed by atoms with van der Waals surface area (Å²) in [5, 5.41) is 9.32. The molecular formula is C15H19Cl2N3. The van der Waals surface area contributed by atoms with Gasteiger partial charge in [-0.3, -0.25) is 0 Å². The Labute approximate surface area is 129 Å². The van der Waals surface area contributed by atoms with Crippen LogP contribution in [0.2, 0.25) is 10.0 Å². The van der Waals surface area contributed by atoms with Crippen LogP contribution in [0.5, 0.6) is 0 Å². The highest BCUT2D eigenvalue weighted by Gasteiger charge is 2.14. The molecule has 2 rings (SSSR count). The molecule has 3 nitrogen and oxygen atoms in total. The van der Waals surface area contributed by atoms with E-state index >= 15 is 0 Å². The molecule has 20 heavy (non-hydrogen) atoms. The number of nitrogens with one attached hydrogen (secondary N) is 1. The third-order valence-corrected chi connectivity index (χ3v) is 3.96. The van der Waals surface area contributed by atoms with Gasteiger partial charge in [0.25, 0.3) is 0 Å². The van der Waals surface area contributed by atoms with Crippen molar-refractivity contribution in [3.05, 3.63) is 45.2 Å². The molecule has 2 aromatic rings. The monoisotopic (exact) mass is 311 g/mol. The Balaban J connectivity index is 2.48. The van der Waals surface area contributed by atoms with E-state index in [9.17, 15) is 0 Å². The zero-order valence-corrected chi connectivity index (χ0v) is 13.7. The Morgan fingerprint density at radius 2 is 1.95 bits per heavy atom. The van der Waals surface area contributed by atoms with E-state index in [1.54, 1.807) is 0 Å². The molecule has 108 valence electrons. The first-order valence-corrected chi connectivity index (χ1v) is 7.39. The van der Waals surface area contributed by atoms with Crippen molar-refractivity contribution >= 4 is 23.2 Å². The smallest absolute Gasteiger partial charge is 0.0848 e. The number of hydrogen-bond acceptors (Lipinski definition) is 2. The van der Waals surface area contributed by atoms with E-state index in [1.165, 1.54) is 0 Å². The van der Waals surface area contributed by atoms with Gasteiger partial charge in [0.05, 0.1) is 22.1 Å². The van der Waals surface area contributed by atoms with Crippen molar-refractivity contribution in [2.75, 3.05) is 0 Å². The first-order valence-electron chi connectivity index (χ1n) is 6.64. The number of aromatic nitrogens is 2. The van der Waals surface area contributed by atoms with Crippen LogP contribution in [0.3, 0.4) is 0 Å². The molecule has 5 heteroatoms. The summed E-state index contributed by atoms with van der Waals surface area (Å²) in [4.78, 5) is 0. The van der Waals surface area contributed by atoms with Crippen molar-refractivity contribution in [1.82, 2.24) is 15.1 Å². The van der Waals surface area contributed by atoms with Gasteiger partial charge in [-0.25, -0.2) is 4.68 Å². The molecule has 0 radical (unpaired) electrons. The minimum atomic E-state index is 0.419. The van der Waals surface area contributed by atoms with E-state index in [-0.39, 0.29) is 0 Å². The van der Waals surface area contributed by atoms with Gasteiger partial charge >= 0.3 is 0 Å². The minimum absolute atomic E-state index is 0.419. The largest absolute Gasteiger partial charge is 0.310 e. The molecule has 0 saturated heterocycles. The maximum atomic E-state index is 6.24. The highest BCUT2D eigenvalue weighted by Crippen LogP contribution is 2.26. The summed E-state index contributed by atoms with van der Waals surface area (Å²) in [7, 11) is 0. The van der Waals surface area contributed by atoms with Crippen LogP contribution in [-0.2, 0) is 6.54 Å². The third kappa shape index (κ3) is 3.17. The minimum Gasteiger partial charge on any atom is -0.310 e. The fraction of sp³-hybridized carbons (Fsp3) is 0.400. The molecule has 0 aliphatic rings. The Morgan fingerprint density at radius 1 is 1.25 bits per heavy atom. The average molecular weight is 312 g/mol. The van der Waals surface area contributed by atoms with Crippen LogP contribution in [0.25, 0.3) is 5.69 Å². The quantitative estimate of drug-likeness (QED) is 0.912. The van der Waals surface area contributed by atoms with Gasteiger partial charge in [0.15, 0.2) is 0 Å². The molecule has 1 N–H and O–H groups in total. The zero-order chi connectivity index (χ0) is 14.9. The van der Waals surface area contributed by atoms with Crippen molar-refractivity contribution in [1.29, 1.82) is 0 Å². The average Bonchev–Trinajstić information content (AvgIpc) is 2.65. The van der Waals surface area contributed by atoms with Crippen molar-refractivity contribution in [2.45, 2.75) is 40.3 Å². The Morgan fingerprint density at radius 3 is 2.50 bits per heavy atom. The number of nitrogens with zero attached hydrogens (tertiary/aromatic N) is 2. The lowest BCUT2D eigenvalue weighted by Crippen LogP contribution is -2.22. The number of rotatable bonds is 4. The summed E-state index contributed by atoms with van der Waals surface area (Å²) in [5.41, 5.74) is 3.87. The van der Waals surface area contributed by atoms with Crippen LogP contribution in [0.4, 0.5) is 0 Å². The van der Waals surface area contributed by atoms with Crippen LogP contribution in [0, 0.1) is 13.8 Å². The van der Waals surface area contributed by atoms with Crippen LogP contribution in [0.15, 0.2) is 18.2 Å². The number of hydrogen-bond donors (Lipinski definition) is 1. The molecule has 1 heterocycles. The standard InChI is InChI=1S/C15H19Cl2N3/c1-9(2)18-8-12-5-6-13(16)7-14(12)20-11(4)15(17)10(3)19-20/h5-7,9,18H,8H2,1-4H3. The van der Waals surface area contributed by atoms with Crippen LogP contribution >= 0.6 is 23.2 Å². The highest BCUT2D eigenvalue weighted by atomic mass is 35.5. The predicted octanol–water partition coefficient (Wildman–Crippen LogP) is 4.29. The summed E-state index contributed by atoms with van der Waals surface area (Å²) in [6.45, 7) is 8.87. The van der Waals surface area contributed by atoms with Crippen molar-refractivity contribution in [3.63, 3.8) is 0 Å². The molecule has 1 aromatic heterocycles. The highest BCUT2D eigenvalue weighted by molar-refractivity contribution is 6.32. The second-order valence-electron chi connectivity index (χ2n) is 5.21. The summed E-state index contributed by atoms with van der Waals surface area (Å²) < 4.78 is 1.86. The Hall–Kier alpha value is -1.03.